The summed E-state index contributed by atoms with van der Waals surface area (Å²) in [5.41, 5.74) is 1.47. The summed E-state index contributed by atoms with van der Waals surface area (Å²) in [7, 11) is 0. The van der Waals surface area contributed by atoms with Gasteiger partial charge < -0.3 is 10.1 Å². The fourth-order valence-corrected chi connectivity index (χ4v) is 2.93. The third-order valence-corrected chi connectivity index (χ3v) is 4.23. The Morgan fingerprint density at radius 3 is 2.76 bits per heavy atom. The van der Waals surface area contributed by atoms with Crippen LogP contribution in [0.2, 0.25) is 10.0 Å². The Bertz CT molecular complexity index is 1170. The smallest absolute Gasteiger partial charge is 0.332 e. The molecule has 8 heteroatoms. The number of fused-ring (bicyclic) bond motifs is 1. The first kappa shape index (κ1) is 15.7. The van der Waals surface area contributed by atoms with Crippen LogP contribution in [-0.2, 0) is 0 Å². The van der Waals surface area contributed by atoms with E-state index in [1.807, 2.05) is 0 Å². The van der Waals surface area contributed by atoms with Crippen LogP contribution in [0, 0.1) is 0 Å². The minimum Gasteiger partial charge on any atom is -0.508 e. The molecule has 2 N–H and O–H groups in total. The van der Waals surface area contributed by atoms with Crippen molar-refractivity contribution < 1.29 is 5.11 Å². The van der Waals surface area contributed by atoms with Crippen LogP contribution < -0.4 is 5.69 Å². The number of aromatic hydroxyl groups is 1. The van der Waals surface area contributed by atoms with E-state index in [2.05, 4.69) is 15.0 Å². The first-order valence-electron chi connectivity index (χ1n) is 7.25. The van der Waals surface area contributed by atoms with Crippen molar-refractivity contribution in [2.45, 2.75) is 0 Å². The van der Waals surface area contributed by atoms with Gasteiger partial charge in [0.25, 0.3) is 0 Å². The maximum atomic E-state index is 12.4. The lowest BCUT2D eigenvalue weighted by atomic mass is 10.2. The Balaban J connectivity index is 1.99. The van der Waals surface area contributed by atoms with Crippen molar-refractivity contribution in [3.63, 3.8) is 0 Å². The maximum absolute atomic E-state index is 12.4. The van der Waals surface area contributed by atoms with Crippen LogP contribution >= 0.6 is 23.2 Å². The number of benzene rings is 2. The van der Waals surface area contributed by atoms with Crippen LogP contribution in [-0.4, -0.2) is 24.6 Å². The van der Waals surface area contributed by atoms with Crippen LogP contribution in [0.1, 0.15) is 0 Å². The molecular formula is C17H10Cl2N4O2. The van der Waals surface area contributed by atoms with Gasteiger partial charge in [0.15, 0.2) is 11.5 Å². The SMILES string of the molecule is O=c1[nH]c2cnc(-c3cccc(O)c3)nc2n1-c1cc(Cl)ccc1Cl. The highest BCUT2D eigenvalue weighted by Gasteiger charge is 2.15. The minimum atomic E-state index is -0.401. The van der Waals surface area contributed by atoms with Gasteiger partial charge in [-0.05, 0) is 30.3 Å². The van der Waals surface area contributed by atoms with Crippen LogP contribution in [0.15, 0.2) is 53.5 Å². The summed E-state index contributed by atoms with van der Waals surface area (Å²) in [6.45, 7) is 0. The van der Waals surface area contributed by atoms with Crippen molar-refractivity contribution in [2.24, 2.45) is 0 Å². The van der Waals surface area contributed by atoms with Crippen molar-refractivity contribution in [3.8, 4) is 22.8 Å². The van der Waals surface area contributed by atoms with E-state index in [4.69, 9.17) is 23.2 Å². The second-order valence-electron chi connectivity index (χ2n) is 5.34. The molecule has 2 aromatic carbocycles. The van der Waals surface area contributed by atoms with E-state index in [0.29, 0.717) is 38.3 Å². The van der Waals surface area contributed by atoms with Crippen LogP contribution in [0.5, 0.6) is 5.75 Å². The number of rotatable bonds is 2. The molecule has 2 heterocycles. The average Bonchev–Trinajstić information content (AvgIpc) is 2.92. The van der Waals surface area contributed by atoms with Crippen LogP contribution in [0.3, 0.4) is 0 Å². The van der Waals surface area contributed by atoms with E-state index in [0.717, 1.165) is 0 Å². The second-order valence-corrected chi connectivity index (χ2v) is 6.19. The summed E-state index contributed by atoms with van der Waals surface area (Å²) < 4.78 is 1.34. The number of phenolic OH excluding ortho intramolecular Hbond substituents is 1. The Morgan fingerprint density at radius 2 is 1.96 bits per heavy atom. The number of halogens is 2. The molecular weight excluding hydrogens is 363 g/mol. The molecule has 0 bridgehead atoms. The number of H-pyrrole nitrogens is 1. The van der Waals surface area contributed by atoms with Gasteiger partial charge >= 0.3 is 5.69 Å². The first-order valence-corrected chi connectivity index (χ1v) is 8.01. The summed E-state index contributed by atoms with van der Waals surface area (Å²) in [6.07, 6.45) is 1.51. The summed E-state index contributed by atoms with van der Waals surface area (Å²) in [4.78, 5) is 23.8. The standard InChI is InChI=1S/C17H10Cl2N4O2/c18-10-4-5-12(19)14(7-10)23-16-13(21-17(23)25)8-20-15(22-16)9-2-1-3-11(24)6-9/h1-8,24H,(H,21,25). The van der Waals surface area contributed by atoms with E-state index in [-0.39, 0.29) is 5.75 Å². The molecule has 4 aromatic rings. The highest BCUT2D eigenvalue weighted by atomic mass is 35.5. The molecule has 0 unspecified atom stereocenters. The molecule has 0 saturated heterocycles. The Kier molecular flexibility index (Phi) is 3.71. The average molecular weight is 373 g/mol. The molecule has 0 fully saturated rings. The lowest BCUT2D eigenvalue weighted by molar-refractivity contribution is 0.475. The molecule has 0 amide bonds. The molecule has 0 atom stereocenters. The Labute approximate surface area is 151 Å². The third-order valence-electron chi connectivity index (χ3n) is 3.68. The molecule has 0 aliphatic heterocycles. The lowest BCUT2D eigenvalue weighted by Gasteiger charge is -2.07. The largest absolute Gasteiger partial charge is 0.508 e. The van der Waals surface area contributed by atoms with Crippen molar-refractivity contribution in [1.82, 2.24) is 19.5 Å². The van der Waals surface area contributed by atoms with E-state index in [1.54, 1.807) is 42.5 Å². The number of nitrogens with zero attached hydrogens (tertiary/aromatic N) is 3. The third kappa shape index (κ3) is 2.75. The number of nitrogens with one attached hydrogen (secondary N) is 1. The quantitative estimate of drug-likeness (QED) is 0.560. The fourth-order valence-electron chi connectivity index (χ4n) is 2.56. The molecule has 0 spiro atoms. The van der Waals surface area contributed by atoms with Crippen molar-refractivity contribution >= 4 is 34.4 Å². The van der Waals surface area contributed by atoms with Gasteiger partial charge in [0.2, 0.25) is 0 Å². The number of hydrogen-bond donors (Lipinski definition) is 2. The minimum absolute atomic E-state index is 0.102. The maximum Gasteiger partial charge on any atom is 0.332 e. The van der Waals surface area contributed by atoms with Gasteiger partial charge in [-0.3, -0.25) is 0 Å². The topological polar surface area (TPSA) is 83.8 Å². The Hall–Kier alpha value is -2.83. The summed E-state index contributed by atoms with van der Waals surface area (Å²) >= 11 is 12.3. The van der Waals surface area contributed by atoms with Gasteiger partial charge in [-0.15, -0.1) is 0 Å². The number of imidazole rings is 1. The van der Waals surface area contributed by atoms with Crippen LogP contribution in [0.25, 0.3) is 28.2 Å². The molecule has 6 nitrogen and oxygen atoms in total. The molecule has 0 aliphatic rings. The van der Waals surface area contributed by atoms with Gasteiger partial charge in [0, 0.05) is 10.6 Å². The van der Waals surface area contributed by atoms with Gasteiger partial charge in [0.1, 0.15) is 11.3 Å². The van der Waals surface area contributed by atoms with E-state index in [1.165, 1.54) is 10.8 Å². The highest BCUT2D eigenvalue weighted by molar-refractivity contribution is 6.34. The van der Waals surface area contributed by atoms with Crippen molar-refractivity contribution in [3.05, 3.63) is 69.2 Å². The zero-order chi connectivity index (χ0) is 17.6. The van der Waals surface area contributed by atoms with Gasteiger partial charge in [-0.25, -0.2) is 19.3 Å². The molecule has 4 rings (SSSR count). The molecule has 25 heavy (non-hydrogen) atoms. The molecule has 124 valence electrons. The predicted molar refractivity (Wildman–Crippen MR) is 96.6 cm³/mol. The van der Waals surface area contributed by atoms with Crippen molar-refractivity contribution in [2.75, 3.05) is 0 Å². The molecule has 2 aromatic heterocycles. The second kappa shape index (κ2) is 5.91. The first-order chi connectivity index (χ1) is 12.0. The summed E-state index contributed by atoms with van der Waals surface area (Å²) in [6, 6.07) is 11.4. The zero-order valence-corrected chi connectivity index (χ0v) is 14.1. The normalized spacial score (nSPS) is 11.1. The lowest BCUT2D eigenvalue weighted by Crippen LogP contribution is -2.15. The number of hydrogen-bond acceptors (Lipinski definition) is 4. The number of phenols is 1. The van der Waals surface area contributed by atoms with E-state index < -0.39 is 5.69 Å². The van der Waals surface area contributed by atoms with Crippen molar-refractivity contribution in [1.29, 1.82) is 0 Å². The number of aromatic nitrogens is 4. The summed E-state index contributed by atoms with van der Waals surface area (Å²) in [5, 5.41) is 10.5. The molecule has 0 radical (unpaired) electrons. The summed E-state index contributed by atoms with van der Waals surface area (Å²) in [5.74, 6) is 0.472. The number of aromatic amines is 1. The Morgan fingerprint density at radius 1 is 1.12 bits per heavy atom. The molecule has 0 aliphatic carbocycles. The van der Waals surface area contributed by atoms with Crippen LogP contribution in [0.4, 0.5) is 0 Å². The van der Waals surface area contributed by atoms with E-state index >= 15 is 0 Å². The zero-order valence-electron chi connectivity index (χ0n) is 12.6. The molecule has 0 saturated carbocycles. The van der Waals surface area contributed by atoms with Gasteiger partial charge in [-0.1, -0.05) is 35.3 Å². The highest BCUT2D eigenvalue weighted by Crippen LogP contribution is 2.26. The fraction of sp³-hybridized carbons (Fsp3) is 0. The van der Waals surface area contributed by atoms with E-state index in [9.17, 15) is 9.90 Å². The van der Waals surface area contributed by atoms with Gasteiger partial charge in [-0.2, -0.15) is 0 Å². The predicted octanol–water partition coefficient (Wildman–Crippen LogP) is 3.79. The van der Waals surface area contributed by atoms with Gasteiger partial charge in [0.05, 0.1) is 16.9 Å². The monoisotopic (exact) mass is 372 g/mol.